The average Bonchev–Trinajstić information content (AvgIpc) is 2.89. The fourth-order valence-electron chi connectivity index (χ4n) is 4.48. The van der Waals surface area contributed by atoms with Gasteiger partial charge < -0.3 is 4.90 Å². The number of aromatic nitrogens is 1. The van der Waals surface area contributed by atoms with Gasteiger partial charge in [-0.05, 0) is 66.0 Å². The van der Waals surface area contributed by atoms with Gasteiger partial charge in [-0.25, -0.2) is 0 Å². The topological polar surface area (TPSA) is 28.5 Å². The first-order chi connectivity index (χ1) is 12.5. The number of benzene rings is 1. The van der Waals surface area contributed by atoms with Crippen LogP contribution >= 0.6 is 32.1 Å². The van der Waals surface area contributed by atoms with Gasteiger partial charge in [0.15, 0.2) is 0 Å². The van der Waals surface area contributed by atoms with Crippen molar-refractivity contribution in [1.29, 1.82) is 0 Å². The van der Waals surface area contributed by atoms with Gasteiger partial charge in [-0.15, -0.1) is 0 Å². The molecular weight excluding hydrogens is 458 g/mol. The Hall–Kier alpha value is -1.11. The molecule has 2 aliphatic rings. The molecule has 1 amide bonds. The van der Waals surface area contributed by atoms with E-state index in [1.165, 1.54) is 27.6 Å². The van der Waals surface area contributed by atoms with Gasteiger partial charge in [-0.3, -0.25) is 13.3 Å². The minimum Gasteiger partial charge on any atom is -0.343 e. The standard InChI is InChI=1S/C20H23Br2N3O/c1-4-24(5-2)20(26)12-9-14-13-7-6-8-16-18(13)15(19(21)25(16)22)10-17(14)23(3)11-12/h6-9,12,17H,4-5,10-11H2,1-3H3/t12-,17?/m1/s1. The van der Waals surface area contributed by atoms with E-state index in [0.717, 1.165) is 30.7 Å². The van der Waals surface area contributed by atoms with Crippen LogP contribution in [0.4, 0.5) is 0 Å². The summed E-state index contributed by atoms with van der Waals surface area (Å²) in [6.07, 6.45) is 3.20. The third-order valence-electron chi connectivity index (χ3n) is 5.83. The Bertz CT molecular complexity index is 913. The largest absolute Gasteiger partial charge is 0.343 e. The third kappa shape index (κ3) is 2.60. The average molecular weight is 481 g/mol. The summed E-state index contributed by atoms with van der Waals surface area (Å²) in [4.78, 5) is 17.3. The van der Waals surface area contributed by atoms with Crippen molar-refractivity contribution in [2.24, 2.45) is 5.92 Å². The number of fused-ring (bicyclic) bond motifs is 2. The number of hydrogen-bond acceptors (Lipinski definition) is 2. The Morgan fingerprint density at radius 2 is 2.04 bits per heavy atom. The second-order valence-electron chi connectivity index (χ2n) is 7.15. The highest BCUT2D eigenvalue weighted by Crippen LogP contribution is 2.45. The van der Waals surface area contributed by atoms with Crippen LogP contribution in [-0.2, 0) is 11.2 Å². The molecule has 1 aliphatic heterocycles. The lowest BCUT2D eigenvalue weighted by molar-refractivity contribution is -0.134. The van der Waals surface area contributed by atoms with E-state index >= 15 is 0 Å². The molecule has 2 aromatic rings. The number of nitrogens with zero attached hydrogens (tertiary/aromatic N) is 3. The van der Waals surface area contributed by atoms with Gasteiger partial charge in [0.25, 0.3) is 0 Å². The Kier molecular flexibility index (Phi) is 4.78. The molecule has 2 atom stereocenters. The maximum Gasteiger partial charge on any atom is 0.230 e. The highest BCUT2D eigenvalue weighted by molar-refractivity contribution is 9.12. The first-order valence-corrected chi connectivity index (χ1v) is 10.7. The van der Waals surface area contributed by atoms with Crippen molar-refractivity contribution in [2.75, 3.05) is 26.7 Å². The smallest absolute Gasteiger partial charge is 0.230 e. The van der Waals surface area contributed by atoms with E-state index in [-0.39, 0.29) is 11.8 Å². The van der Waals surface area contributed by atoms with E-state index in [1.807, 2.05) is 22.3 Å². The molecule has 0 saturated carbocycles. The maximum atomic E-state index is 13.0. The SMILES string of the molecule is CCN(CC)C(=O)[C@@H]1C=C2c3cccc4c3c(c(Br)n4Br)CC2N(C)C1. The molecular formula is C20H23Br2N3O. The number of carbonyl (C=O) groups excluding carboxylic acids is 1. The van der Waals surface area contributed by atoms with Crippen LogP contribution in [0.5, 0.6) is 0 Å². The highest BCUT2D eigenvalue weighted by atomic mass is 79.9. The normalized spacial score (nSPS) is 22.3. The Labute approximate surface area is 171 Å². The molecule has 0 spiro atoms. The number of halogens is 2. The van der Waals surface area contributed by atoms with Crippen molar-refractivity contribution in [2.45, 2.75) is 26.3 Å². The van der Waals surface area contributed by atoms with E-state index < -0.39 is 0 Å². The quantitative estimate of drug-likeness (QED) is 0.655. The molecule has 0 bridgehead atoms. The lowest BCUT2D eigenvalue weighted by Gasteiger charge is -2.40. The molecule has 6 heteroatoms. The third-order valence-corrected chi connectivity index (χ3v) is 7.88. The van der Waals surface area contributed by atoms with E-state index in [0.29, 0.717) is 6.04 Å². The molecule has 4 rings (SSSR count). The van der Waals surface area contributed by atoms with E-state index in [4.69, 9.17) is 0 Å². The lowest BCUT2D eigenvalue weighted by atomic mass is 9.79. The molecule has 1 aromatic heterocycles. The van der Waals surface area contributed by atoms with Gasteiger partial charge in [-0.1, -0.05) is 18.2 Å². The zero-order valence-corrected chi connectivity index (χ0v) is 18.5. The molecule has 1 unspecified atom stereocenters. The molecule has 1 aromatic carbocycles. The summed E-state index contributed by atoms with van der Waals surface area (Å²) < 4.78 is 3.13. The maximum absolute atomic E-state index is 13.0. The fraction of sp³-hybridized carbons (Fsp3) is 0.450. The number of amides is 1. The summed E-state index contributed by atoms with van der Waals surface area (Å²) in [5.74, 6) is 0.169. The zero-order valence-electron chi connectivity index (χ0n) is 15.3. The van der Waals surface area contributed by atoms with Crippen LogP contribution in [-0.4, -0.2) is 52.0 Å². The Morgan fingerprint density at radius 3 is 2.73 bits per heavy atom. The molecule has 26 heavy (non-hydrogen) atoms. The van der Waals surface area contributed by atoms with E-state index in [1.54, 1.807) is 0 Å². The van der Waals surface area contributed by atoms with E-state index in [2.05, 4.69) is 68.3 Å². The van der Waals surface area contributed by atoms with Gasteiger partial charge in [-0.2, -0.15) is 0 Å². The minimum atomic E-state index is -0.0718. The number of carbonyl (C=O) groups is 1. The number of hydrogen-bond donors (Lipinski definition) is 0. The molecule has 1 aliphatic carbocycles. The lowest BCUT2D eigenvalue weighted by Crippen LogP contribution is -2.47. The molecule has 138 valence electrons. The van der Waals surface area contributed by atoms with Crippen molar-refractivity contribution in [3.8, 4) is 0 Å². The molecule has 0 saturated heterocycles. The number of rotatable bonds is 3. The van der Waals surface area contributed by atoms with Crippen molar-refractivity contribution in [1.82, 2.24) is 13.4 Å². The summed E-state index contributed by atoms with van der Waals surface area (Å²) in [5.41, 5.74) is 5.07. The first-order valence-electron chi connectivity index (χ1n) is 9.16. The molecule has 2 heterocycles. The Balaban J connectivity index is 1.86. The van der Waals surface area contributed by atoms with Crippen molar-refractivity contribution < 1.29 is 4.79 Å². The zero-order chi connectivity index (χ0) is 18.6. The molecule has 4 nitrogen and oxygen atoms in total. The van der Waals surface area contributed by atoms with Crippen LogP contribution in [0, 0.1) is 5.92 Å². The van der Waals surface area contributed by atoms with Crippen LogP contribution in [0.1, 0.15) is 25.0 Å². The molecule has 0 fully saturated rings. The Morgan fingerprint density at radius 1 is 1.31 bits per heavy atom. The molecule has 0 radical (unpaired) electrons. The van der Waals surface area contributed by atoms with Crippen LogP contribution in [0.15, 0.2) is 28.9 Å². The minimum absolute atomic E-state index is 0.0718. The molecule has 0 N–H and O–H groups in total. The fourth-order valence-corrected chi connectivity index (χ4v) is 5.54. The summed E-state index contributed by atoms with van der Waals surface area (Å²) in [5, 5.41) is 1.29. The van der Waals surface area contributed by atoms with Gasteiger partial charge in [0, 0.05) is 31.1 Å². The van der Waals surface area contributed by atoms with Crippen LogP contribution in [0.25, 0.3) is 16.5 Å². The monoisotopic (exact) mass is 479 g/mol. The second-order valence-corrected chi connectivity index (χ2v) is 8.61. The number of likely N-dealkylation sites (N-methyl/N-ethyl adjacent to an activating group) is 1. The summed E-state index contributed by atoms with van der Waals surface area (Å²) in [6, 6.07) is 6.75. The van der Waals surface area contributed by atoms with Gasteiger partial charge >= 0.3 is 0 Å². The van der Waals surface area contributed by atoms with Crippen LogP contribution in [0.3, 0.4) is 0 Å². The van der Waals surface area contributed by atoms with E-state index in [9.17, 15) is 4.79 Å². The highest BCUT2D eigenvalue weighted by Gasteiger charge is 2.37. The van der Waals surface area contributed by atoms with Crippen molar-refractivity contribution in [3.05, 3.63) is 40.0 Å². The van der Waals surface area contributed by atoms with Crippen LogP contribution < -0.4 is 0 Å². The summed E-state index contributed by atoms with van der Waals surface area (Å²) >= 11 is 7.42. The van der Waals surface area contributed by atoms with Gasteiger partial charge in [0.05, 0.1) is 32.2 Å². The predicted molar refractivity (Wildman–Crippen MR) is 113 cm³/mol. The van der Waals surface area contributed by atoms with Gasteiger partial charge in [0.1, 0.15) is 0 Å². The second kappa shape index (κ2) is 6.80. The van der Waals surface area contributed by atoms with Gasteiger partial charge in [0.2, 0.25) is 5.91 Å². The summed E-state index contributed by atoms with van der Waals surface area (Å²) in [6.45, 7) is 6.41. The summed E-state index contributed by atoms with van der Waals surface area (Å²) in [7, 11) is 2.14. The first kappa shape index (κ1) is 18.3. The van der Waals surface area contributed by atoms with Crippen molar-refractivity contribution >= 4 is 54.5 Å². The van der Waals surface area contributed by atoms with Crippen molar-refractivity contribution in [3.63, 3.8) is 0 Å². The predicted octanol–water partition coefficient (Wildman–Crippen LogP) is 4.30. The van der Waals surface area contributed by atoms with Crippen LogP contribution in [0.2, 0.25) is 0 Å².